The average Bonchev–Trinajstić information content (AvgIpc) is 2.45. The predicted molar refractivity (Wildman–Crippen MR) is 99.8 cm³/mol. The van der Waals surface area contributed by atoms with Gasteiger partial charge in [0.2, 0.25) is 0 Å². The standard InChI is InChI=1S/C17H35NS2/c1-4-7-8-9-10-11-12-13-16-20-17(19)18(14-5-2)15-6-3/h4-16H2,1-3H3. The molecule has 20 heavy (non-hydrogen) atoms. The number of unbranched alkanes of at least 4 members (excludes halogenated alkanes) is 7. The van der Waals surface area contributed by atoms with Crippen LogP contribution in [0.3, 0.4) is 0 Å². The third kappa shape index (κ3) is 12.0. The van der Waals surface area contributed by atoms with Crippen LogP contribution in [0.2, 0.25) is 0 Å². The Hall–Kier alpha value is 0.240. The van der Waals surface area contributed by atoms with Gasteiger partial charge in [0.25, 0.3) is 0 Å². The first-order valence-corrected chi connectivity index (χ1v) is 10.1. The molecule has 0 N–H and O–H groups in total. The molecular weight excluding hydrogens is 282 g/mol. The van der Waals surface area contributed by atoms with Gasteiger partial charge in [-0.1, -0.05) is 89.7 Å². The van der Waals surface area contributed by atoms with Crippen molar-refractivity contribution < 1.29 is 0 Å². The smallest absolute Gasteiger partial charge is 0.136 e. The molecule has 120 valence electrons. The highest BCUT2D eigenvalue weighted by Crippen LogP contribution is 2.15. The zero-order valence-corrected chi connectivity index (χ0v) is 15.6. The van der Waals surface area contributed by atoms with Crippen LogP contribution in [0.25, 0.3) is 0 Å². The van der Waals surface area contributed by atoms with Gasteiger partial charge in [-0.2, -0.15) is 0 Å². The van der Waals surface area contributed by atoms with Crippen molar-refractivity contribution in [3.05, 3.63) is 0 Å². The van der Waals surface area contributed by atoms with Crippen LogP contribution in [0.1, 0.15) is 85.0 Å². The monoisotopic (exact) mass is 317 g/mol. The van der Waals surface area contributed by atoms with Crippen molar-refractivity contribution in [2.45, 2.75) is 85.0 Å². The molecule has 0 atom stereocenters. The Morgan fingerprint density at radius 1 is 0.750 bits per heavy atom. The van der Waals surface area contributed by atoms with Gasteiger partial charge in [-0.05, 0) is 19.3 Å². The molecule has 0 aliphatic carbocycles. The van der Waals surface area contributed by atoms with E-state index in [1.807, 2.05) is 11.8 Å². The summed E-state index contributed by atoms with van der Waals surface area (Å²) in [7, 11) is 0. The molecular formula is C17H35NS2. The van der Waals surface area contributed by atoms with Gasteiger partial charge in [-0.3, -0.25) is 0 Å². The lowest BCUT2D eigenvalue weighted by Crippen LogP contribution is -2.29. The Bertz CT molecular complexity index is 213. The normalized spacial score (nSPS) is 10.8. The number of thiocarbonyl (C=S) groups is 1. The van der Waals surface area contributed by atoms with Crippen molar-refractivity contribution in [2.75, 3.05) is 18.8 Å². The fourth-order valence-electron chi connectivity index (χ4n) is 2.32. The van der Waals surface area contributed by atoms with Gasteiger partial charge in [-0.15, -0.1) is 0 Å². The summed E-state index contributed by atoms with van der Waals surface area (Å²) in [5.74, 6) is 1.21. The van der Waals surface area contributed by atoms with E-state index in [0.29, 0.717) is 0 Å². The zero-order valence-electron chi connectivity index (χ0n) is 14.0. The number of nitrogens with zero attached hydrogens (tertiary/aromatic N) is 1. The number of hydrogen-bond donors (Lipinski definition) is 0. The molecule has 0 aromatic rings. The second kappa shape index (κ2) is 15.6. The van der Waals surface area contributed by atoms with Crippen molar-refractivity contribution in [1.29, 1.82) is 0 Å². The first-order chi connectivity index (χ1) is 9.76. The molecule has 0 aliphatic heterocycles. The molecule has 0 heterocycles. The summed E-state index contributed by atoms with van der Waals surface area (Å²) < 4.78 is 1.12. The third-order valence-corrected chi connectivity index (χ3v) is 5.08. The number of rotatable bonds is 13. The molecule has 0 unspecified atom stereocenters. The van der Waals surface area contributed by atoms with E-state index in [4.69, 9.17) is 12.2 Å². The Balaban J connectivity index is 3.45. The van der Waals surface area contributed by atoms with E-state index < -0.39 is 0 Å². The molecule has 0 fully saturated rings. The molecule has 0 aromatic heterocycles. The van der Waals surface area contributed by atoms with Crippen molar-refractivity contribution in [3.63, 3.8) is 0 Å². The van der Waals surface area contributed by atoms with Crippen molar-refractivity contribution in [2.24, 2.45) is 0 Å². The summed E-state index contributed by atoms with van der Waals surface area (Å²) in [6.45, 7) is 8.98. The van der Waals surface area contributed by atoms with Crippen LogP contribution < -0.4 is 0 Å². The zero-order chi connectivity index (χ0) is 15.1. The number of thioether (sulfide) groups is 1. The Labute approximate surface area is 137 Å². The lowest BCUT2D eigenvalue weighted by atomic mass is 10.1. The number of hydrogen-bond acceptors (Lipinski definition) is 2. The molecule has 0 rings (SSSR count). The molecule has 1 nitrogen and oxygen atoms in total. The van der Waals surface area contributed by atoms with E-state index in [2.05, 4.69) is 25.7 Å². The van der Waals surface area contributed by atoms with Gasteiger partial charge >= 0.3 is 0 Å². The highest BCUT2D eigenvalue weighted by Gasteiger charge is 2.07. The molecule has 3 heteroatoms. The van der Waals surface area contributed by atoms with E-state index in [9.17, 15) is 0 Å². The molecule has 0 radical (unpaired) electrons. The van der Waals surface area contributed by atoms with Crippen LogP contribution in [-0.2, 0) is 0 Å². The fraction of sp³-hybridized carbons (Fsp3) is 0.941. The molecule has 0 aromatic carbocycles. The molecule has 0 spiro atoms. The van der Waals surface area contributed by atoms with Crippen molar-refractivity contribution in [1.82, 2.24) is 4.90 Å². The van der Waals surface area contributed by atoms with E-state index in [-0.39, 0.29) is 0 Å². The second-order valence-corrected chi connectivity index (χ2v) is 7.31. The SMILES string of the molecule is CCCCCCCCCCSC(=S)N(CCC)CCC. The Kier molecular flexibility index (Phi) is 15.8. The maximum absolute atomic E-state index is 5.54. The predicted octanol–water partition coefficient (Wildman–Crippen LogP) is 6.27. The van der Waals surface area contributed by atoms with Crippen LogP contribution in [0.5, 0.6) is 0 Å². The minimum absolute atomic E-state index is 1.12. The van der Waals surface area contributed by atoms with E-state index in [1.165, 1.54) is 70.0 Å². The van der Waals surface area contributed by atoms with Gasteiger partial charge in [0.05, 0.1) is 0 Å². The average molecular weight is 318 g/mol. The van der Waals surface area contributed by atoms with Crippen LogP contribution in [0.15, 0.2) is 0 Å². The second-order valence-electron chi connectivity index (χ2n) is 5.58. The van der Waals surface area contributed by atoms with Crippen LogP contribution in [0.4, 0.5) is 0 Å². The Morgan fingerprint density at radius 2 is 1.25 bits per heavy atom. The summed E-state index contributed by atoms with van der Waals surface area (Å²) >= 11 is 7.44. The maximum Gasteiger partial charge on any atom is 0.136 e. The van der Waals surface area contributed by atoms with Crippen molar-refractivity contribution in [3.8, 4) is 0 Å². The summed E-state index contributed by atoms with van der Waals surface area (Å²) in [5.41, 5.74) is 0. The maximum atomic E-state index is 5.54. The minimum Gasteiger partial charge on any atom is -0.358 e. The first kappa shape index (κ1) is 20.2. The van der Waals surface area contributed by atoms with Crippen molar-refractivity contribution >= 4 is 28.3 Å². The largest absolute Gasteiger partial charge is 0.358 e. The molecule has 0 saturated carbocycles. The summed E-state index contributed by atoms with van der Waals surface area (Å²) in [6.07, 6.45) is 13.5. The minimum atomic E-state index is 1.12. The van der Waals surface area contributed by atoms with Crippen LogP contribution in [0, 0.1) is 0 Å². The highest BCUT2D eigenvalue weighted by atomic mass is 32.2. The fourth-order valence-corrected chi connectivity index (χ4v) is 3.64. The van der Waals surface area contributed by atoms with Crippen LogP contribution in [-0.4, -0.2) is 28.1 Å². The summed E-state index contributed by atoms with van der Waals surface area (Å²) in [4.78, 5) is 2.38. The third-order valence-electron chi connectivity index (χ3n) is 3.47. The molecule has 0 aliphatic rings. The van der Waals surface area contributed by atoms with E-state index >= 15 is 0 Å². The summed E-state index contributed by atoms with van der Waals surface area (Å²) in [6, 6.07) is 0. The van der Waals surface area contributed by atoms with Gasteiger partial charge in [-0.25, -0.2) is 0 Å². The van der Waals surface area contributed by atoms with E-state index in [1.54, 1.807) is 0 Å². The van der Waals surface area contributed by atoms with Gasteiger partial charge in [0.1, 0.15) is 4.32 Å². The van der Waals surface area contributed by atoms with Gasteiger partial charge < -0.3 is 4.90 Å². The Morgan fingerprint density at radius 3 is 1.75 bits per heavy atom. The summed E-state index contributed by atoms with van der Waals surface area (Å²) in [5, 5.41) is 0. The van der Waals surface area contributed by atoms with E-state index in [0.717, 1.165) is 17.4 Å². The first-order valence-electron chi connectivity index (χ1n) is 8.67. The van der Waals surface area contributed by atoms with Gasteiger partial charge in [0.15, 0.2) is 0 Å². The molecule has 0 bridgehead atoms. The topological polar surface area (TPSA) is 3.24 Å². The lowest BCUT2D eigenvalue weighted by molar-refractivity contribution is 0.430. The highest BCUT2D eigenvalue weighted by molar-refractivity contribution is 8.22. The van der Waals surface area contributed by atoms with Gasteiger partial charge in [0, 0.05) is 18.8 Å². The van der Waals surface area contributed by atoms with Crippen LogP contribution >= 0.6 is 24.0 Å². The quantitative estimate of drug-likeness (QED) is 0.291. The lowest BCUT2D eigenvalue weighted by Gasteiger charge is -2.23. The molecule has 0 saturated heterocycles. The molecule has 0 amide bonds.